The minimum atomic E-state index is 0.819. The van der Waals surface area contributed by atoms with E-state index in [4.69, 9.17) is 5.84 Å². The number of benzene rings is 1. The third-order valence-corrected chi connectivity index (χ3v) is 1.46. The van der Waals surface area contributed by atoms with E-state index in [0.717, 1.165) is 12.2 Å². The highest BCUT2D eigenvalue weighted by Gasteiger charge is 1.99. The SMILES string of the molecule is CCNN(NN)c1ccccc1. The highest BCUT2D eigenvalue weighted by Crippen LogP contribution is 2.07. The number of nitrogens with two attached hydrogens (primary N) is 1. The Bertz CT molecular complexity index is 212. The van der Waals surface area contributed by atoms with Gasteiger partial charge in [0.05, 0.1) is 5.69 Å². The molecule has 4 nitrogen and oxygen atoms in total. The quantitative estimate of drug-likeness (QED) is 0.447. The molecule has 1 aromatic carbocycles. The lowest BCUT2D eigenvalue weighted by atomic mass is 10.3. The van der Waals surface area contributed by atoms with Gasteiger partial charge in [-0.15, -0.1) is 0 Å². The van der Waals surface area contributed by atoms with Crippen LogP contribution in [0, 0.1) is 0 Å². The zero-order chi connectivity index (χ0) is 8.81. The van der Waals surface area contributed by atoms with Gasteiger partial charge in [0, 0.05) is 6.54 Å². The molecule has 0 amide bonds. The van der Waals surface area contributed by atoms with E-state index in [9.17, 15) is 0 Å². The molecule has 0 unspecified atom stereocenters. The summed E-state index contributed by atoms with van der Waals surface area (Å²) in [5, 5.41) is 1.67. The summed E-state index contributed by atoms with van der Waals surface area (Å²) in [6, 6.07) is 9.79. The van der Waals surface area contributed by atoms with Crippen molar-refractivity contribution < 1.29 is 0 Å². The van der Waals surface area contributed by atoms with Crippen molar-refractivity contribution in [3.8, 4) is 0 Å². The first-order chi connectivity index (χ1) is 5.88. The Morgan fingerprint density at radius 1 is 1.33 bits per heavy atom. The van der Waals surface area contributed by atoms with E-state index in [0.29, 0.717) is 0 Å². The highest BCUT2D eigenvalue weighted by molar-refractivity contribution is 5.43. The van der Waals surface area contributed by atoms with E-state index in [-0.39, 0.29) is 0 Å². The van der Waals surface area contributed by atoms with E-state index in [1.807, 2.05) is 37.3 Å². The predicted molar refractivity (Wildman–Crippen MR) is 49.9 cm³/mol. The van der Waals surface area contributed by atoms with Crippen molar-refractivity contribution >= 4 is 5.69 Å². The lowest BCUT2D eigenvalue weighted by molar-refractivity contribution is 0.552. The molecule has 1 aromatic rings. The summed E-state index contributed by atoms with van der Waals surface area (Å²) in [5.41, 5.74) is 6.58. The molecule has 0 spiro atoms. The van der Waals surface area contributed by atoms with Crippen molar-refractivity contribution in [2.45, 2.75) is 6.92 Å². The second kappa shape index (κ2) is 4.71. The Morgan fingerprint density at radius 2 is 2.00 bits per heavy atom. The second-order valence-electron chi connectivity index (χ2n) is 2.31. The van der Waals surface area contributed by atoms with Crippen LogP contribution in [-0.2, 0) is 0 Å². The fourth-order valence-electron chi connectivity index (χ4n) is 0.947. The van der Waals surface area contributed by atoms with E-state index < -0.39 is 0 Å². The van der Waals surface area contributed by atoms with Gasteiger partial charge >= 0.3 is 0 Å². The number of anilines is 1. The lowest BCUT2D eigenvalue weighted by Gasteiger charge is -2.22. The molecule has 0 aromatic heterocycles. The van der Waals surface area contributed by atoms with Crippen LogP contribution in [0.5, 0.6) is 0 Å². The molecule has 0 aliphatic carbocycles. The van der Waals surface area contributed by atoms with Gasteiger partial charge in [0.15, 0.2) is 0 Å². The summed E-state index contributed by atoms with van der Waals surface area (Å²) >= 11 is 0. The zero-order valence-electron chi connectivity index (χ0n) is 7.12. The Morgan fingerprint density at radius 3 is 2.50 bits per heavy atom. The van der Waals surface area contributed by atoms with Gasteiger partial charge in [-0.3, -0.25) is 5.84 Å². The van der Waals surface area contributed by atoms with E-state index in [2.05, 4.69) is 11.0 Å². The Hall–Kier alpha value is -1.10. The number of hydrazine groups is 3. The fourth-order valence-corrected chi connectivity index (χ4v) is 0.947. The van der Waals surface area contributed by atoms with Crippen LogP contribution in [0.15, 0.2) is 30.3 Å². The first kappa shape index (κ1) is 8.99. The summed E-state index contributed by atoms with van der Waals surface area (Å²) in [4.78, 5) is 0. The minimum absolute atomic E-state index is 0.819. The second-order valence-corrected chi connectivity index (χ2v) is 2.31. The lowest BCUT2D eigenvalue weighted by Crippen LogP contribution is -2.51. The molecular weight excluding hydrogens is 152 g/mol. The van der Waals surface area contributed by atoms with E-state index in [1.54, 1.807) is 5.12 Å². The Kier molecular flexibility index (Phi) is 3.53. The molecule has 0 saturated carbocycles. The normalized spacial score (nSPS) is 9.83. The van der Waals surface area contributed by atoms with Crippen LogP contribution < -0.4 is 21.9 Å². The van der Waals surface area contributed by atoms with Gasteiger partial charge in [0.2, 0.25) is 0 Å². The molecule has 4 heteroatoms. The maximum atomic E-state index is 5.30. The summed E-state index contributed by atoms with van der Waals surface area (Å²) in [7, 11) is 0. The molecule has 0 bridgehead atoms. The van der Waals surface area contributed by atoms with Crippen molar-refractivity contribution in [3.05, 3.63) is 30.3 Å². The minimum Gasteiger partial charge on any atom is -0.252 e. The van der Waals surface area contributed by atoms with Gasteiger partial charge < -0.3 is 0 Å². The molecule has 0 aliphatic heterocycles. The van der Waals surface area contributed by atoms with Crippen molar-refractivity contribution in [2.24, 2.45) is 5.84 Å². The van der Waals surface area contributed by atoms with Crippen LogP contribution in [0.25, 0.3) is 0 Å². The van der Waals surface area contributed by atoms with Crippen molar-refractivity contribution in [1.82, 2.24) is 11.0 Å². The predicted octanol–water partition coefficient (Wildman–Crippen LogP) is 0.396. The van der Waals surface area contributed by atoms with Crippen LogP contribution >= 0.6 is 0 Å². The molecule has 0 aliphatic rings. The van der Waals surface area contributed by atoms with Crippen LogP contribution in [0.1, 0.15) is 6.92 Å². The summed E-state index contributed by atoms with van der Waals surface area (Å²) < 4.78 is 0. The van der Waals surface area contributed by atoms with Gasteiger partial charge in [-0.2, -0.15) is 5.53 Å². The number of rotatable bonds is 4. The van der Waals surface area contributed by atoms with Crippen molar-refractivity contribution in [1.29, 1.82) is 0 Å². The van der Waals surface area contributed by atoms with Crippen molar-refractivity contribution in [2.75, 3.05) is 11.7 Å². The third kappa shape index (κ3) is 2.20. The molecule has 0 radical (unpaired) electrons. The van der Waals surface area contributed by atoms with Crippen LogP contribution in [0.3, 0.4) is 0 Å². The zero-order valence-corrected chi connectivity index (χ0v) is 7.12. The summed E-state index contributed by atoms with van der Waals surface area (Å²) in [6.07, 6.45) is 0. The molecule has 0 heterocycles. The number of para-hydroxylation sites is 1. The monoisotopic (exact) mass is 166 g/mol. The molecule has 0 saturated heterocycles. The fraction of sp³-hybridized carbons (Fsp3) is 0.250. The molecule has 66 valence electrons. The highest BCUT2D eigenvalue weighted by atomic mass is 15.8. The maximum Gasteiger partial charge on any atom is 0.0716 e. The molecular formula is C8H14N4. The molecule has 0 atom stereocenters. The van der Waals surface area contributed by atoms with Crippen molar-refractivity contribution in [3.63, 3.8) is 0 Å². The number of hydrogen-bond donors (Lipinski definition) is 3. The topological polar surface area (TPSA) is 53.3 Å². The van der Waals surface area contributed by atoms with E-state index in [1.165, 1.54) is 0 Å². The number of nitrogens with zero attached hydrogens (tertiary/aromatic N) is 1. The average molecular weight is 166 g/mol. The van der Waals surface area contributed by atoms with Gasteiger partial charge in [0.25, 0.3) is 0 Å². The average Bonchev–Trinajstić information content (AvgIpc) is 2.15. The first-order valence-corrected chi connectivity index (χ1v) is 3.93. The van der Waals surface area contributed by atoms with Gasteiger partial charge in [0.1, 0.15) is 0 Å². The molecule has 0 fully saturated rings. The summed E-state index contributed by atoms with van der Waals surface area (Å²) in [5.74, 6) is 5.30. The van der Waals surface area contributed by atoms with Crippen LogP contribution in [0.4, 0.5) is 5.69 Å². The van der Waals surface area contributed by atoms with Crippen LogP contribution in [-0.4, -0.2) is 6.54 Å². The first-order valence-electron chi connectivity index (χ1n) is 3.93. The van der Waals surface area contributed by atoms with Gasteiger partial charge in [-0.25, -0.2) is 10.5 Å². The van der Waals surface area contributed by atoms with Gasteiger partial charge in [-0.1, -0.05) is 25.1 Å². The third-order valence-electron chi connectivity index (χ3n) is 1.46. The Balaban J connectivity index is 2.66. The maximum absolute atomic E-state index is 5.30. The van der Waals surface area contributed by atoms with E-state index >= 15 is 0 Å². The molecule has 12 heavy (non-hydrogen) atoms. The smallest absolute Gasteiger partial charge is 0.0716 e. The summed E-state index contributed by atoms with van der Waals surface area (Å²) in [6.45, 7) is 2.83. The molecule has 4 N–H and O–H groups in total. The van der Waals surface area contributed by atoms with Crippen LogP contribution in [0.2, 0.25) is 0 Å². The largest absolute Gasteiger partial charge is 0.252 e. The Labute approximate surface area is 72.3 Å². The van der Waals surface area contributed by atoms with Gasteiger partial charge in [-0.05, 0) is 12.1 Å². The standard InChI is InChI=1S/C8H14N4/c1-2-10-12(11-9)8-6-4-3-5-7-8/h3-7,10-11H,2,9H2,1H3. The molecule has 1 rings (SSSR count). The number of hydrogen-bond acceptors (Lipinski definition) is 4. The number of nitrogens with one attached hydrogen (secondary N) is 2.